The lowest BCUT2D eigenvalue weighted by molar-refractivity contribution is -0.165. The molecule has 0 bridgehead atoms. The van der Waals surface area contributed by atoms with Crippen molar-refractivity contribution >= 4 is 33.9 Å². The van der Waals surface area contributed by atoms with E-state index in [1.807, 2.05) is 0 Å². The highest BCUT2D eigenvalue weighted by Gasteiger charge is 2.65. The first-order chi connectivity index (χ1) is 13.9. The average molecular weight is 412 g/mol. The Morgan fingerprint density at radius 1 is 1.03 bits per heavy atom. The number of phenols is 2. The van der Waals surface area contributed by atoms with Gasteiger partial charge < -0.3 is 20.4 Å². The van der Waals surface area contributed by atoms with Gasteiger partial charge in [-0.25, -0.2) is 0 Å². The number of phenolic OH excluding ortho intramolecular Hbond substituents is 2. The minimum atomic E-state index is -2.88. The lowest BCUT2D eigenvalue weighted by Gasteiger charge is -2.43. The van der Waals surface area contributed by atoms with Gasteiger partial charge in [0.2, 0.25) is 17.3 Å². The number of Topliss-reactive ketones (excluding diaryl/α,β-unsaturated/α-hetero) is 4. The van der Waals surface area contributed by atoms with Gasteiger partial charge in [0, 0.05) is 0 Å². The third-order valence-corrected chi connectivity index (χ3v) is 6.48. The Hall–Kier alpha value is -3.10. The van der Waals surface area contributed by atoms with Gasteiger partial charge in [-0.15, -0.1) is 0 Å². The molecule has 0 spiro atoms. The van der Waals surface area contributed by atoms with Crippen LogP contribution in [0.15, 0.2) is 12.1 Å². The number of aryl methyl sites for hydroxylation is 2. The normalized spacial score (nSPS) is 27.2. The zero-order chi connectivity index (χ0) is 22.3. The van der Waals surface area contributed by atoms with Crippen LogP contribution in [-0.4, -0.2) is 55.3 Å². The van der Waals surface area contributed by atoms with Gasteiger partial charge in [-0.3, -0.25) is 19.2 Å². The van der Waals surface area contributed by atoms with Crippen molar-refractivity contribution in [1.29, 1.82) is 0 Å². The number of benzene rings is 2. The number of carbonyl (C=O) groups is 4. The summed E-state index contributed by atoms with van der Waals surface area (Å²) in [6.45, 7) is 4.35. The minimum Gasteiger partial charge on any atom is -0.507 e. The van der Waals surface area contributed by atoms with Gasteiger partial charge >= 0.3 is 0 Å². The number of rotatable bonds is 1. The molecule has 0 saturated heterocycles. The third kappa shape index (κ3) is 2.23. The van der Waals surface area contributed by atoms with Crippen LogP contribution >= 0.6 is 0 Å². The molecule has 2 aliphatic carbocycles. The van der Waals surface area contributed by atoms with Gasteiger partial charge in [0.05, 0.1) is 23.0 Å². The lowest BCUT2D eigenvalue weighted by atomic mass is 9.59. The molecule has 1 fully saturated rings. The summed E-state index contributed by atoms with van der Waals surface area (Å²) in [5, 5.41) is 42.7. The van der Waals surface area contributed by atoms with E-state index >= 15 is 0 Å². The molecule has 1 saturated carbocycles. The van der Waals surface area contributed by atoms with E-state index in [0.29, 0.717) is 16.5 Å². The van der Waals surface area contributed by atoms with Crippen LogP contribution in [0.4, 0.5) is 0 Å². The summed E-state index contributed by atoms with van der Waals surface area (Å²) in [6, 6.07) is 3.27. The van der Waals surface area contributed by atoms with E-state index in [0.717, 1.165) is 6.92 Å². The number of ketones is 4. The molecule has 0 heterocycles. The van der Waals surface area contributed by atoms with Crippen molar-refractivity contribution in [3.8, 4) is 11.5 Å². The molecule has 0 radical (unpaired) electrons. The molecular formula is C22H20O8. The van der Waals surface area contributed by atoms with Crippen molar-refractivity contribution in [2.75, 3.05) is 0 Å². The van der Waals surface area contributed by atoms with E-state index < -0.39 is 52.4 Å². The summed E-state index contributed by atoms with van der Waals surface area (Å²) in [5.74, 6) is -9.06. The Labute approximate surface area is 170 Å². The zero-order valence-corrected chi connectivity index (χ0v) is 16.5. The predicted molar refractivity (Wildman–Crippen MR) is 103 cm³/mol. The standard InChI is InChI=1S/C22H20O8/c1-7-4-5-10-8(2)11-6-12-17(25)19(27)13(9(3)23)20(28)22(12,30)21(29)15(11)18(26)14(10)16(7)24/h4-5,9,12-13,23-24,26,30H,6H2,1-3H3/t9?,12?,13?,22-/m1/s1. The van der Waals surface area contributed by atoms with Crippen LogP contribution < -0.4 is 0 Å². The van der Waals surface area contributed by atoms with Crippen molar-refractivity contribution in [2.45, 2.75) is 38.9 Å². The van der Waals surface area contributed by atoms with E-state index in [-0.39, 0.29) is 28.7 Å². The number of hydrogen-bond donors (Lipinski definition) is 4. The Morgan fingerprint density at radius 3 is 2.27 bits per heavy atom. The quantitative estimate of drug-likeness (QED) is 0.394. The number of hydrogen-bond acceptors (Lipinski definition) is 8. The monoisotopic (exact) mass is 412 g/mol. The molecule has 8 heteroatoms. The summed E-state index contributed by atoms with van der Waals surface area (Å²) < 4.78 is 0. The van der Waals surface area contributed by atoms with Gasteiger partial charge in [0.15, 0.2) is 11.4 Å². The molecule has 30 heavy (non-hydrogen) atoms. The van der Waals surface area contributed by atoms with Crippen LogP contribution in [-0.2, 0) is 20.8 Å². The highest BCUT2D eigenvalue weighted by atomic mass is 16.3. The largest absolute Gasteiger partial charge is 0.507 e. The van der Waals surface area contributed by atoms with Crippen molar-refractivity contribution < 1.29 is 39.6 Å². The summed E-state index contributed by atoms with van der Waals surface area (Å²) in [4.78, 5) is 51.4. The van der Waals surface area contributed by atoms with Gasteiger partial charge in [0.25, 0.3) is 0 Å². The molecule has 4 atom stereocenters. The lowest BCUT2D eigenvalue weighted by Crippen LogP contribution is -2.67. The molecule has 4 rings (SSSR count). The van der Waals surface area contributed by atoms with Gasteiger partial charge in [-0.2, -0.15) is 0 Å². The fourth-order valence-corrected chi connectivity index (χ4v) is 4.75. The fourth-order valence-electron chi connectivity index (χ4n) is 4.75. The highest BCUT2D eigenvalue weighted by Crippen LogP contribution is 2.49. The smallest absolute Gasteiger partial charge is 0.212 e. The molecule has 4 N–H and O–H groups in total. The van der Waals surface area contributed by atoms with Crippen molar-refractivity contribution in [2.24, 2.45) is 11.8 Å². The van der Waals surface area contributed by atoms with Gasteiger partial charge in [-0.1, -0.05) is 12.1 Å². The number of carbonyl (C=O) groups excluding carboxylic acids is 4. The van der Waals surface area contributed by atoms with Crippen molar-refractivity contribution in [3.63, 3.8) is 0 Å². The summed E-state index contributed by atoms with van der Waals surface area (Å²) in [6.07, 6.45) is -1.89. The van der Waals surface area contributed by atoms with Crippen molar-refractivity contribution in [1.82, 2.24) is 0 Å². The highest BCUT2D eigenvalue weighted by molar-refractivity contribution is 6.49. The maximum atomic E-state index is 13.4. The second-order valence-corrected chi connectivity index (χ2v) is 8.14. The van der Waals surface area contributed by atoms with Crippen LogP contribution in [0.5, 0.6) is 11.5 Å². The van der Waals surface area contributed by atoms with Gasteiger partial charge in [-0.05, 0) is 49.3 Å². The zero-order valence-electron chi connectivity index (χ0n) is 16.5. The number of fused-ring (bicyclic) bond motifs is 3. The number of aliphatic hydroxyl groups is 2. The molecule has 0 amide bonds. The van der Waals surface area contributed by atoms with Crippen LogP contribution in [0.1, 0.15) is 34.0 Å². The van der Waals surface area contributed by atoms with E-state index in [1.54, 1.807) is 26.0 Å². The molecule has 3 unspecified atom stereocenters. The number of aromatic hydroxyl groups is 2. The molecule has 2 aliphatic rings. The minimum absolute atomic E-state index is 0.000567. The summed E-state index contributed by atoms with van der Waals surface area (Å²) >= 11 is 0. The first-order valence-electron chi connectivity index (χ1n) is 9.48. The first kappa shape index (κ1) is 20.2. The second kappa shape index (κ2) is 6.20. The van der Waals surface area contributed by atoms with Crippen LogP contribution in [0, 0.1) is 25.7 Å². The van der Waals surface area contributed by atoms with E-state index in [4.69, 9.17) is 0 Å². The Morgan fingerprint density at radius 2 is 1.67 bits per heavy atom. The van der Waals surface area contributed by atoms with E-state index in [2.05, 4.69) is 0 Å². The maximum Gasteiger partial charge on any atom is 0.212 e. The molecular weight excluding hydrogens is 392 g/mol. The molecule has 156 valence electrons. The first-order valence-corrected chi connectivity index (χ1v) is 9.48. The molecule has 2 aromatic carbocycles. The van der Waals surface area contributed by atoms with Crippen LogP contribution in [0.2, 0.25) is 0 Å². The van der Waals surface area contributed by atoms with E-state index in [1.165, 1.54) is 0 Å². The summed E-state index contributed by atoms with van der Waals surface area (Å²) in [7, 11) is 0. The SMILES string of the molecule is Cc1ccc2c(C)c3c(c(O)c2c1O)C(=O)[C@]1(O)C(=O)C(C(C)O)C(=O)C(=O)C1C3. The van der Waals surface area contributed by atoms with Crippen LogP contribution in [0.3, 0.4) is 0 Å². The second-order valence-electron chi connectivity index (χ2n) is 8.14. The van der Waals surface area contributed by atoms with E-state index in [9.17, 15) is 39.6 Å². The van der Waals surface area contributed by atoms with Crippen molar-refractivity contribution in [3.05, 3.63) is 34.4 Å². The maximum absolute atomic E-state index is 13.4. The Balaban J connectivity index is 2.06. The third-order valence-electron chi connectivity index (χ3n) is 6.48. The van der Waals surface area contributed by atoms with Gasteiger partial charge in [0.1, 0.15) is 17.4 Å². The predicted octanol–water partition coefficient (Wildman–Crippen LogP) is 0.672. The summed E-state index contributed by atoms with van der Waals surface area (Å²) in [5.41, 5.74) is -2.09. The molecule has 0 aromatic heterocycles. The fraction of sp³-hybridized carbons (Fsp3) is 0.364. The Bertz CT molecular complexity index is 1190. The Kier molecular flexibility index (Phi) is 4.17. The average Bonchev–Trinajstić information content (AvgIpc) is 2.68. The van der Waals surface area contributed by atoms with Crippen LogP contribution in [0.25, 0.3) is 10.8 Å². The molecule has 0 aliphatic heterocycles. The topological polar surface area (TPSA) is 149 Å². The molecule has 2 aromatic rings. The molecule has 8 nitrogen and oxygen atoms in total. The number of aliphatic hydroxyl groups excluding tert-OH is 1.